The van der Waals surface area contributed by atoms with Crippen molar-refractivity contribution in [3.63, 3.8) is 0 Å². The highest BCUT2D eigenvalue weighted by molar-refractivity contribution is 5.47. The molecule has 0 amide bonds. The third-order valence-corrected chi connectivity index (χ3v) is 7.46. The van der Waals surface area contributed by atoms with Gasteiger partial charge in [0, 0.05) is 37.6 Å². The number of fused-ring (bicyclic) bond motifs is 3. The van der Waals surface area contributed by atoms with Gasteiger partial charge in [-0.3, -0.25) is 9.80 Å². The second-order valence-electron chi connectivity index (χ2n) is 9.43. The van der Waals surface area contributed by atoms with E-state index in [1.54, 1.807) is 7.11 Å². The van der Waals surface area contributed by atoms with Crippen molar-refractivity contribution in [1.29, 1.82) is 0 Å². The topological polar surface area (TPSA) is 34.2 Å². The Labute approximate surface area is 192 Å². The molecule has 0 radical (unpaired) electrons. The molecular formula is C27H36N2O3. The molecule has 0 N–H and O–H groups in total. The zero-order valence-electron chi connectivity index (χ0n) is 19.5. The van der Waals surface area contributed by atoms with Gasteiger partial charge in [-0.1, -0.05) is 18.2 Å². The summed E-state index contributed by atoms with van der Waals surface area (Å²) < 4.78 is 17.1. The molecule has 172 valence electrons. The van der Waals surface area contributed by atoms with E-state index in [9.17, 15) is 0 Å². The predicted octanol–water partition coefficient (Wildman–Crippen LogP) is 4.47. The second-order valence-corrected chi connectivity index (χ2v) is 9.43. The minimum absolute atomic E-state index is 0.405. The van der Waals surface area contributed by atoms with E-state index in [1.807, 2.05) is 0 Å². The van der Waals surface area contributed by atoms with Crippen LogP contribution in [0, 0.1) is 0 Å². The molecule has 2 aromatic carbocycles. The first-order chi connectivity index (χ1) is 15.7. The van der Waals surface area contributed by atoms with E-state index in [0.717, 1.165) is 57.4 Å². The molecule has 2 saturated heterocycles. The van der Waals surface area contributed by atoms with Crippen molar-refractivity contribution in [2.24, 2.45) is 0 Å². The van der Waals surface area contributed by atoms with E-state index in [0.29, 0.717) is 18.0 Å². The van der Waals surface area contributed by atoms with Crippen LogP contribution in [0.3, 0.4) is 0 Å². The summed E-state index contributed by atoms with van der Waals surface area (Å²) in [4.78, 5) is 5.18. The summed E-state index contributed by atoms with van der Waals surface area (Å²) in [5, 5.41) is 0. The highest BCUT2D eigenvalue weighted by Gasteiger charge is 2.36. The lowest BCUT2D eigenvalue weighted by atomic mass is 9.81. The molecular weight excluding hydrogens is 400 g/mol. The van der Waals surface area contributed by atoms with E-state index in [2.05, 4.69) is 59.2 Å². The SMILES string of the molecule is COc1ccc([C@H]2CN3CCC[C@H]3c3cc(OCCCN4CCOC[C@@H]4C)ccc32)cc1. The van der Waals surface area contributed by atoms with Gasteiger partial charge in [-0.25, -0.2) is 0 Å². The molecule has 2 fully saturated rings. The van der Waals surface area contributed by atoms with Crippen LogP contribution in [0.25, 0.3) is 0 Å². The fourth-order valence-corrected chi connectivity index (χ4v) is 5.65. The zero-order chi connectivity index (χ0) is 21.9. The van der Waals surface area contributed by atoms with Gasteiger partial charge in [0.15, 0.2) is 0 Å². The van der Waals surface area contributed by atoms with Crippen molar-refractivity contribution in [2.45, 2.75) is 44.2 Å². The quantitative estimate of drug-likeness (QED) is 0.599. The largest absolute Gasteiger partial charge is 0.497 e. The smallest absolute Gasteiger partial charge is 0.119 e. The number of rotatable bonds is 7. The van der Waals surface area contributed by atoms with Gasteiger partial charge in [0.1, 0.15) is 11.5 Å². The fourth-order valence-electron chi connectivity index (χ4n) is 5.65. The molecule has 0 spiro atoms. The Kier molecular flexibility index (Phi) is 6.67. The Morgan fingerprint density at radius 3 is 2.69 bits per heavy atom. The molecule has 32 heavy (non-hydrogen) atoms. The van der Waals surface area contributed by atoms with Gasteiger partial charge < -0.3 is 14.2 Å². The molecule has 2 aromatic rings. The molecule has 5 nitrogen and oxygen atoms in total. The Bertz CT molecular complexity index is 900. The van der Waals surface area contributed by atoms with Crippen molar-refractivity contribution in [3.8, 4) is 11.5 Å². The van der Waals surface area contributed by atoms with Gasteiger partial charge >= 0.3 is 0 Å². The first kappa shape index (κ1) is 21.7. The zero-order valence-corrected chi connectivity index (χ0v) is 19.5. The molecule has 0 bridgehead atoms. The first-order valence-corrected chi connectivity index (χ1v) is 12.2. The number of methoxy groups -OCH3 is 1. The molecule has 0 unspecified atom stereocenters. The summed E-state index contributed by atoms with van der Waals surface area (Å²) >= 11 is 0. The maximum absolute atomic E-state index is 6.23. The molecule has 0 aromatic heterocycles. The fraction of sp³-hybridized carbons (Fsp3) is 0.556. The third-order valence-electron chi connectivity index (χ3n) is 7.46. The first-order valence-electron chi connectivity index (χ1n) is 12.2. The van der Waals surface area contributed by atoms with Gasteiger partial charge in [0.2, 0.25) is 0 Å². The Hall–Kier alpha value is -2.08. The molecule has 3 aliphatic rings. The van der Waals surface area contributed by atoms with E-state index in [1.165, 1.54) is 36.1 Å². The van der Waals surface area contributed by atoms with E-state index in [4.69, 9.17) is 14.2 Å². The molecule has 0 aliphatic carbocycles. The minimum atomic E-state index is 0.405. The lowest BCUT2D eigenvalue weighted by Gasteiger charge is -2.37. The summed E-state index contributed by atoms with van der Waals surface area (Å²) in [6, 6.07) is 16.5. The van der Waals surface area contributed by atoms with E-state index in [-0.39, 0.29) is 0 Å². The van der Waals surface area contributed by atoms with Crippen LogP contribution < -0.4 is 9.47 Å². The summed E-state index contributed by atoms with van der Waals surface area (Å²) in [6.07, 6.45) is 3.58. The maximum atomic E-state index is 6.23. The Balaban J connectivity index is 1.28. The van der Waals surface area contributed by atoms with Crippen molar-refractivity contribution in [1.82, 2.24) is 9.80 Å². The number of hydrogen-bond acceptors (Lipinski definition) is 5. The monoisotopic (exact) mass is 436 g/mol. The van der Waals surface area contributed by atoms with Crippen LogP contribution in [0.15, 0.2) is 42.5 Å². The summed E-state index contributed by atoms with van der Waals surface area (Å²) in [6.45, 7) is 9.11. The predicted molar refractivity (Wildman–Crippen MR) is 127 cm³/mol. The van der Waals surface area contributed by atoms with Crippen molar-refractivity contribution in [3.05, 3.63) is 59.2 Å². The minimum Gasteiger partial charge on any atom is -0.497 e. The summed E-state index contributed by atoms with van der Waals surface area (Å²) in [5.41, 5.74) is 4.30. The average Bonchev–Trinajstić information content (AvgIpc) is 3.31. The van der Waals surface area contributed by atoms with Crippen molar-refractivity contribution in [2.75, 3.05) is 53.1 Å². The lowest BCUT2D eigenvalue weighted by molar-refractivity contribution is -0.00201. The van der Waals surface area contributed by atoms with Gasteiger partial charge in [-0.15, -0.1) is 0 Å². The number of morpholine rings is 1. The Morgan fingerprint density at radius 2 is 1.88 bits per heavy atom. The van der Waals surface area contributed by atoms with Crippen LogP contribution in [0.2, 0.25) is 0 Å². The van der Waals surface area contributed by atoms with Crippen LogP contribution in [0.1, 0.15) is 54.8 Å². The summed E-state index contributed by atoms with van der Waals surface area (Å²) in [7, 11) is 1.73. The van der Waals surface area contributed by atoms with Crippen LogP contribution in [-0.2, 0) is 4.74 Å². The molecule has 3 heterocycles. The van der Waals surface area contributed by atoms with Crippen LogP contribution in [0.4, 0.5) is 0 Å². The normalized spacial score (nSPS) is 25.9. The number of benzene rings is 2. The highest BCUT2D eigenvalue weighted by atomic mass is 16.5. The van der Waals surface area contributed by atoms with Crippen LogP contribution in [0.5, 0.6) is 11.5 Å². The molecule has 0 saturated carbocycles. The van der Waals surface area contributed by atoms with Crippen LogP contribution in [-0.4, -0.2) is 69.0 Å². The van der Waals surface area contributed by atoms with E-state index < -0.39 is 0 Å². The molecule has 3 atom stereocenters. The number of hydrogen-bond donors (Lipinski definition) is 0. The number of ether oxygens (including phenoxy) is 3. The highest BCUT2D eigenvalue weighted by Crippen LogP contribution is 2.45. The summed E-state index contributed by atoms with van der Waals surface area (Å²) in [5.74, 6) is 2.34. The lowest BCUT2D eigenvalue weighted by Crippen LogP contribution is -2.44. The maximum Gasteiger partial charge on any atom is 0.119 e. The van der Waals surface area contributed by atoms with Crippen molar-refractivity contribution < 1.29 is 14.2 Å². The van der Waals surface area contributed by atoms with Crippen LogP contribution >= 0.6 is 0 Å². The van der Waals surface area contributed by atoms with E-state index >= 15 is 0 Å². The number of nitrogens with zero attached hydrogens (tertiary/aromatic N) is 2. The average molecular weight is 437 g/mol. The molecule has 3 aliphatic heterocycles. The van der Waals surface area contributed by atoms with Gasteiger partial charge in [0.05, 0.1) is 26.9 Å². The second kappa shape index (κ2) is 9.82. The Morgan fingerprint density at radius 1 is 1.03 bits per heavy atom. The third kappa shape index (κ3) is 4.52. The molecule has 5 heteroatoms. The van der Waals surface area contributed by atoms with Gasteiger partial charge in [-0.05, 0) is 73.7 Å². The standard InChI is InChI=1S/C27H36N2O3/c1-20-19-31-16-14-28(20)13-4-15-32-23-10-11-24-25(17-23)27-5-3-12-29(27)18-26(24)21-6-8-22(30-2)9-7-21/h6-11,17,20,26-27H,3-5,12-16,18-19H2,1-2H3/t20-,26+,27-/m0/s1. The molecule has 5 rings (SSSR count). The van der Waals surface area contributed by atoms with Crippen molar-refractivity contribution >= 4 is 0 Å². The van der Waals surface area contributed by atoms with Gasteiger partial charge in [-0.2, -0.15) is 0 Å². The van der Waals surface area contributed by atoms with Gasteiger partial charge in [0.25, 0.3) is 0 Å².